The number of amides is 1. The second-order valence-electron chi connectivity index (χ2n) is 7.07. The molecule has 7 nitrogen and oxygen atoms in total. The molecule has 0 fully saturated rings. The van der Waals surface area contributed by atoms with E-state index in [2.05, 4.69) is 5.32 Å². The van der Waals surface area contributed by atoms with Gasteiger partial charge in [0.25, 0.3) is 0 Å². The number of ether oxygens (including phenoxy) is 2. The molecule has 1 aliphatic rings. The average Bonchev–Trinajstić information content (AvgIpc) is 2.77. The number of hydrogen-bond donors (Lipinski definition) is 1. The molecule has 0 bridgehead atoms. The van der Waals surface area contributed by atoms with Gasteiger partial charge in [0.2, 0.25) is 15.9 Å². The number of carbonyl (C=O) groups excluding carboxylic acids is 1. The summed E-state index contributed by atoms with van der Waals surface area (Å²) in [6, 6.07) is 19.8. The molecule has 0 radical (unpaired) electrons. The van der Waals surface area contributed by atoms with Crippen LogP contribution >= 0.6 is 0 Å². The number of benzene rings is 3. The first-order chi connectivity index (χ1) is 14.4. The van der Waals surface area contributed by atoms with E-state index in [1.807, 2.05) is 42.5 Å². The molecule has 30 heavy (non-hydrogen) atoms. The Morgan fingerprint density at radius 1 is 1.03 bits per heavy atom. The van der Waals surface area contributed by atoms with E-state index < -0.39 is 15.9 Å². The largest absolute Gasteiger partial charge is 0.486 e. The van der Waals surface area contributed by atoms with Crippen molar-refractivity contribution in [1.82, 2.24) is 9.62 Å². The van der Waals surface area contributed by atoms with E-state index in [4.69, 9.17) is 9.47 Å². The summed E-state index contributed by atoms with van der Waals surface area (Å²) in [6.07, 6.45) is -0.341. The third kappa shape index (κ3) is 4.24. The Bertz CT molecular complexity index is 1180. The maximum Gasteiger partial charge on any atom is 0.243 e. The first kappa shape index (κ1) is 20.2. The number of para-hydroxylation sites is 2. The van der Waals surface area contributed by atoms with Crippen molar-refractivity contribution in [3.05, 3.63) is 66.7 Å². The van der Waals surface area contributed by atoms with E-state index >= 15 is 0 Å². The van der Waals surface area contributed by atoms with Crippen molar-refractivity contribution in [3.63, 3.8) is 0 Å². The average molecular weight is 426 g/mol. The molecule has 1 aliphatic heterocycles. The fourth-order valence-electron chi connectivity index (χ4n) is 3.24. The predicted octanol–water partition coefficient (Wildman–Crippen LogP) is 2.42. The molecule has 3 aromatic rings. The summed E-state index contributed by atoms with van der Waals surface area (Å²) in [5.41, 5.74) is 0. The molecule has 1 amide bonds. The lowest BCUT2D eigenvalue weighted by Crippen LogP contribution is -2.44. The molecule has 0 unspecified atom stereocenters. The van der Waals surface area contributed by atoms with E-state index in [9.17, 15) is 13.2 Å². The van der Waals surface area contributed by atoms with Crippen LogP contribution in [-0.4, -0.2) is 51.5 Å². The minimum Gasteiger partial charge on any atom is -0.486 e. The Morgan fingerprint density at radius 2 is 1.73 bits per heavy atom. The first-order valence-electron chi connectivity index (χ1n) is 9.54. The molecule has 156 valence electrons. The van der Waals surface area contributed by atoms with Gasteiger partial charge in [-0.2, -0.15) is 4.31 Å². The van der Waals surface area contributed by atoms with Crippen LogP contribution in [0.2, 0.25) is 0 Å². The SMILES string of the molecule is CN(CC(=O)NC[C@H]1COc2ccccc2O1)S(=O)(=O)c1ccc2ccccc2c1. The maximum atomic E-state index is 12.9. The molecular formula is C22H22N2O5S. The van der Waals surface area contributed by atoms with Crippen molar-refractivity contribution in [2.24, 2.45) is 0 Å². The third-order valence-corrected chi connectivity index (χ3v) is 6.69. The highest BCUT2D eigenvalue weighted by atomic mass is 32.2. The highest BCUT2D eigenvalue weighted by Gasteiger charge is 2.25. The molecule has 8 heteroatoms. The van der Waals surface area contributed by atoms with Gasteiger partial charge in [-0.1, -0.05) is 42.5 Å². The highest BCUT2D eigenvalue weighted by molar-refractivity contribution is 7.89. The summed E-state index contributed by atoms with van der Waals surface area (Å²) in [5, 5.41) is 4.49. The Balaban J connectivity index is 1.35. The summed E-state index contributed by atoms with van der Waals surface area (Å²) in [7, 11) is -2.40. The minimum absolute atomic E-state index is 0.150. The number of carbonyl (C=O) groups is 1. The minimum atomic E-state index is -3.79. The van der Waals surface area contributed by atoms with E-state index in [0.717, 1.165) is 15.1 Å². The molecular weight excluding hydrogens is 404 g/mol. The van der Waals surface area contributed by atoms with Gasteiger partial charge in [0.1, 0.15) is 12.7 Å². The number of likely N-dealkylation sites (N-methyl/N-ethyl adjacent to an activating group) is 1. The fraction of sp³-hybridized carbons (Fsp3) is 0.227. The monoisotopic (exact) mass is 426 g/mol. The highest BCUT2D eigenvalue weighted by Crippen LogP contribution is 2.30. The molecule has 0 saturated heterocycles. The Kier molecular flexibility index (Phi) is 5.61. The molecule has 0 aromatic heterocycles. The third-order valence-electron chi connectivity index (χ3n) is 4.89. The number of nitrogens with one attached hydrogen (secondary N) is 1. The number of hydrogen-bond acceptors (Lipinski definition) is 5. The smallest absolute Gasteiger partial charge is 0.243 e. The van der Waals surface area contributed by atoms with Gasteiger partial charge >= 0.3 is 0 Å². The van der Waals surface area contributed by atoms with Crippen molar-refractivity contribution in [2.45, 2.75) is 11.0 Å². The van der Waals surface area contributed by atoms with Crippen molar-refractivity contribution in [2.75, 3.05) is 26.7 Å². The Hall–Kier alpha value is -3.10. The van der Waals surface area contributed by atoms with E-state index in [1.54, 1.807) is 24.3 Å². The maximum absolute atomic E-state index is 12.9. The molecule has 1 atom stereocenters. The zero-order chi connectivity index (χ0) is 21.1. The van der Waals surface area contributed by atoms with Crippen LogP contribution in [0.15, 0.2) is 71.6 Å². The van der Waals surface area contributed by atoms with E-state index in [-0.39, 0.29) is 24.1 Å². The lowest BCUT2D eigenvalue weighted by Gasteiger charge is -2.26. The predicted molar refractivity (Wildman–Crippen MR) is 113 cm³/mol. The molecule has 4 rings (SSSR count). The van der Waals surface area contributed by atoms with Crippen molar-refractivity contribution >= 4 is 26.7 Å². The summed E-state index contributed by atoms with van der Waals surface area (Å²) < 4.78 is 38.2. The lowest BCUT2D eigenvalue weighted by molar-refractivity contribution is -0.121. The van der Waals surface area contributed by atoms with E-state index in [1.165, 1.54) is 7.05 Å². The van der Waals surface area contributed by atoms with Crippen LogP contribution in [0.3, 0.4) is 0 Å². The van der Waals surface area contributed by atoms with Crippen LogP contribution in [0.1, 0.15) is 0 Å². The molecule has 1 heterocycles. The first-order valence-corrected chi connectivity index (χ1v) is 11.0. The Morgan fingerprint density at radius 3 is 2.53 bits per heavy atom. The number of nitrogens with zero attached hydrogens (tertiary/aromatic N) is 1. The van der Waals surface area contributed by atoms with Gasteiger partial charge in [-0.3, -0.25) is 4.79 Å². The van der Waals surface area contributed by atoms with Gasteiger partial charge in [-0.05, 0) is 35.0 Å². The van der Waals surface area contributed by atoms with Crippen LogP contribution in [0.5, 0.6) is 11.5 Å². The van der Waals surface area contributed by atoms with Crippen molar-refractivity contribution in [1.29, 1.82) is 0 Å². The Labute approximate surface area is 175 Å². The van der Waals surface area contributed by atoms with Gasteiger partial charge in [-0.25, -0.2) is 8.42 Å². The second-order valence-corrected chi connectivity index (χ2v) is 9.12. The van der Waals surface area contributed by atoms with Crippen molar-refractivity contribution < 1.29 is 22.7 Å². The van der Waals surface area contributed by atoms with Gasteiger partial charge in [0.05, 0.1) is 18.0 Å². The standard InChI is InChI=1S/C22H22N2O5S/c1-24(30(26,27)19-11-10-16-6-2-3-7-17(16)12-19)14-22(25)23-13-18-15-28-20-8-4-5-9-21(20)29-18/h2-12,18H,13-15H2,1H3,(H,23,25)/t18-/m0/s1. The van der Waals surface area contributed by atoms with Crippen LogP contribution in [-0.2, 0) is 14.8 Å². The summed E-state index contributed by atoms with van der Waals surface area (Å²) in [6.45, 7) is 0.235. The summed E-state index contributed by atoms with van der Waals surface area (Å²) >= 11 is 0. The lowest BCUT2D eigenvalue weighted by atomic mass is 10.1. The molecule has 0 aliphatic carbocycles. The molecule has 1 N–H and O–H groups in total. The van der Waals surface area contributed by atoms with E-state index in [0.29, 0.717) is 18.1 Å². The summed E-state index contributed by atoms with van der Waals surface area (Å²) in [4.78, 5) is 12.5. The zero-order valence-electron chi connectivity index (χ0n) is 16.4. The van der Waals surface area contributed by atoms with Crippen LogP contribution in [0.25, 0.3) is 10.8 Å². The number of sulfonamides is 1. The van der Waals surface area contributed by atoms with Crippen molar-refractivity contribution in [3.8, 4) is 11.5 Å². The van der Waals surface area contributed by atoms with Gasteiger partial charge in [0.15, 0.2) is 11.5 Å². The molecule has 0 spiro atoms. The molecule has 0 saturated carbocycles. The topological polar surface area (TPSA) is 84.9 Å². The second kappa shape index (κ2) is 8.33. The van der Waals surface area contributed by atoms with Crippen LogP contribution < -0.4 is 14.8 Å². The fourth-order valence-corrected chi connectivity index (χ4v) is 4.41. The molecule has 3 aromatic carbocycles. The van der Waals surface area contributed by atoms with Gasteiger partial charge in [-0.15, -0.1) is 0 Å². The van der Waals surface area contributed by atoms with Gasteiger partial charge in [0, 0.05) is 7.05 Å². The normalized spacial score (nSPS) is 15.9. The van der Waals surface area contributed by atoms with Crippen LogP contribution in [0.4, 0.5) is 0 Å². The zero-order valence-corrected chi connectivity index (χ0v) is 17.3. The summed E-state index contributed by atoms with van der Waals surface area (Å²) in [5.74, 6) is 0.879. The van der Waals surface area contributed by atoms with Crippen LogP contribution in [0, 0.1) is 0 Å². The quantitative estimate of drug-likeness (QED) is 0.654. The number of fused-ring (bicyclic) bond motifs is 2. The number of rotatable bonds is 6. The van der Waals surface area contributed by atoms with Gasteiger partial charge < -0.3 is 14.8 Å².